The van der Waals surface area contributed by atoms with E-state index in [1.54, 1.807) is 6.08 Å². The minimum Gasteiger partial charge on any atom is -0.394 e. The summed E-state index contributed by atoms with van der Waals surface area (Å²) >= 11 is 0. The Labute approximate surface area is 344 Å². The zero-order valence-corrected chi connectivity index (χ0v) is 37.2. The van der Waals surface area contributed by atoms with Gasteiger partial charge in [0.25, 0.3) is 0 Å². The molecular weight excluding hydrogens is 675 g/mol. The van der Waals surface area contributed by atoms with Gasteiger partial charge < -0.3 is 15.5 Å². The molecule has 0 aromatic carbocycles. The van der Waals surface area contributed by atoms with Crippen LogP contribution in [-0.4, -0.2) is 34.9 Å². The van der Waals surface area contributed by atoms with Crippen LogP contribution < -0.4 is 5.32 Å². The lowest BCUT2D eigenvalue weighted by atomic mass is 10.0. The standard InChI is InChI=1S/C51H97NO3/c1-3-5-7-9-11-13-15-17-19-20-21-22-23-24-25-26-27-28-29-30-31-33-34-36-38-40-42-44-46-50(54)49(48-53)52-51(55)47-45-43-41-39-37-35-32-18-16-14-12-10-8-6-4-2/h12,14,18,32,44,46,49-50,53-54H,3-11,13,15-17,19-31,33-43,45,47-48H2,1-2H3,(H,52,55)/b14-12-,32-18-,46-44+. The number of hydrogen-bond acceptors (Lipinski definition) is 3. The monoisotopic (exact) mass is 772 g/mol. The lowest BCUT2D eigenvalue weighted by Crippen LogP contribution is -2.45. The van der Waals surface area contributed by atoms with Crippen LogP contribution in [0.25, 0.3) is 0 Å². The highest BCUT2D eigenvalue weighted by atomic mass is 16.3. The number of amides is 1. The zero-order valence-electron chi connectivity index (χ0n) is 37.2. The van der Waals surface area contributed by atoms with Crippen molar-refractivity contribution in [2.45, 2.75) is 276 Å². The van der Waals surface area contributed by atoms with Crippen molar-refractivity contribution in [2.75, 3.05) is 6.61 Å². The second-order valence-electron chi connectivity index (χ2n) is 16.9. The zero-order chi connectivity index (χ0) is 40.0. The van der Waals surface area contributed by atoms with Crippen LogP contribution in [0.5, 0.6) is 0 Å². The number of carbonyl (C=O) groups is 1. The lowest BCUT2D eigenvalue weighted by molar-refractivity contribution is -0.123. The van der Waals surface area contributed by atoms with Crippen molar-refractivity contribution in [3.8, 4) is 0 Å². The topological polar surface area (TPSA) is 69.6 Å². The van der Waals surface area contributed by atoms with E-state index >= 15 is 0 Å². The van der Waals surface area contributed by atoms with E-state index in [1.807, 2.05) is 6.08 Å². The van der Waals surface area contributed by atoms with Crippen LogP contribution in [0.4, 0.5) is 0 Å². The molecule has 0 heterocycles. The molecule has 0 radical (unpaired) electrons. The van der Waals surface area contributed by atoms with Crippen LogP contribution in [0.1, 0.15) is 264 Å². The Morgan fingerprint density at radius 2 is 0.745 bits per heavy atom. The van der Waals surface area contributed by atoms with Crippen molar-refractivity contribution in [3.05, 3.63) is 36.5 Å². The van der Waals surface area contributed by atoms with Crippen LogP contribution in [0.15, 0.2) is 36.5 Å². The third-order valence-corrected chi connectivity index (χ3v) is 11.4. The smallest absolute Gasteiger partial charge is 0.220 e. The number of carbonyl (C=O) groups excluding carboxylic acids is 1. The van der Waals surface area contributed by atoms with Crippen LogP contribution in [0.3, 0.4) is 0 Å². The maximum atomic E-state index is 12.4. The SMILES string of the molecule is CCCCC/C=C\C/C=C\CCCCCCCC(=O)NC(CO)C(O)/C=C/CCCCCCCCCCCCCCCCCCCCCCCCCCCC. The molecule has 4 heteroatoms. The third kappa shape index (κ3) is 43.6. The molecule has 0 spiro atoms. The van der Waals surface area contributed by atoms with Gasteiger partial charge in [-0.1, -0.05) is 243 Å². The number of rotatable bonds is 45. The molecule has 0 aliphatic rings. The molecule has 3 N–H and O–H groups in total. The van der Waals surface area contributed by atoms with Gasteiger partial charge >= 0.3 is 0 Å². The van der Waals surface area contributed by atoms with Crippen LogP contribution >= 0.6 is 0 Å². The highest BCUT2D eigenvalue weighted by molar-refractivity contribution is 5.76. The van der Waals surface area contributed by atoms with E-state index in [1.165, 1.54) is 199 Å². The summed E-state index contributed by atoms with van der Waals surface area (Å²) in [5.74, 6) is -0.0763. The summed E-state index contributed by atoms with van der Waals surface area (Å²) in [5, 5.41) is 23.1. The van der Waals surface area contributed by atoms with Crippen LogP contribution in [0.2, 0.25) is 0 Å². The van der Waals surface area contributed by atoms with Crippen molar-refractivity contribution >= 4 is 5.91 Å². The minimum atomic E-state index is -0.845. The van der Waals surface area contributed by atoms with Gasteiger partial charge in [-0.25, -0.2) is 0 Å². The number of unbranched alkanes of at least 4 members (excludes halogenated alkanes) is 34. The Hall–Kier alpha value is -1.39. The molecule has 55 heavy (non-hydrogen) atoms. The summed E-state index contributed by atoms with van der Waals surface area (Å²) in [7, 11) is 0. The van der Waals surface area contributed by atoms with Crippen LogP contribution in [0, 0.1) is 0 Å². The Morgan fingerprint density at radius 3 is 1.13 bits per heavy atom. The average molecular weight is 772 g/mol. The molecule has 2 unspecified atom stereocenters. The Balaban J connectivity index is 3.49. The molecule has 0 fully saturated rings. The molecule has 4 nitrogen and oxygen atoms in total. The van der Waals surface area contributed by atoms with Gasteiger partial charge in [-0.3, -0.25) is 4.79 Å². The Morgan fingerprint density at radius 1 is 0.436 bits per heavy atom. The summed E-state index contributed by atoms with van der Waals surface area (Å²) in [6.45, 7) is 4.29. The molecule has 0 saturated heterocycles. The normalized spacial score (nSPS) is 13.2. The van der Waals surface area contributed by atoms with Gasteiger partial charge in [-0.05, 0) is 51.4 Å². The van der Waals surface area contributed by atoms with E-state index < -0.39 is 12.1 Å². The van der Waals surface area contributed by atoms with Gasteiger partial charge in [0, 0.05) is 6.42 Å². The van der Waals surface area contributed by atoms with Gasteiger partial charge in [-0.2, -0.15) is 0 Å². The average Bonchev–Trinajstić information content (AvgIpc) is 3.19. The van der Waals surface area contributed by atoms with Gasteiger partial charge in [0.2, 0.25) is 5.91 Å². The number of aliphatic hydroxyl groups is 2. The molecule has 2 atom stereocenters. The van der Waals surface area contributed by atoms with E-state index in [9.17, 15) is 15.0 Å². The maximum absolute atomic E-state index is 12.4. The van der Waals surface area contributed by atoms with Gasteiger partial charge in [0.15, 0.2) is 0 Å². The van der Waals surface area contributed by atoms with Gasteiger partial charge in [-0.15, -0.1) is 0 Å². The third-order valence-electron chi connectivity index (χ3n) is 11.4. The molecule has 0 aliphatic carbocycles. The van der Waals surface area contributed by atoms with Crippen molar-refractivity contribution < 1.29 is 15.0 Å². The summed E-state index contributed by atoms with van der Waals surface area (Å²) in [6.07, 6.45) is 62.8. The predicted molar refractivity (Wildman–Crippen MR) is 244 cm³/mol. The molecule has 324 valence electrons. The van der Waals surface area contributed by atoms with Crippen molar-refractivity contribution in [2.24, 2.45) is 0 Å². The molecule has 0 saturated carbocycles. The maximum Gasteiger partial charge on any atom is 0.220 e. The molecule has 1 amide bonds. The number of allylic oxidation sites excluding steroid dienone is 5. The summed E-state index contributed by atoms with van der Waals surface area (Å²) < 4.78 is 0. The highest BCUT2D eigenvalue weighted by Crippen LogP contribution is 2.16. The quantitative estimate of drug-likeness (QED) is 0.0426. The second kappa shape index (κ2) is 47.0. The predicted octanol–water partition coefficient (Wildman–Crippen LogP) is 15.7. The van der Waals surface area contributed by atoms with Crippen molar-refractivity contribution in [3.63, 3.8) is 0 Å². The largest absolute Gasteiger partial charge is 0.394 e. The fourth-order valence-corrected chi connectivity index (χ4v) is 7.56. The van der Waals surface area contributed by atoms with Gasteiger partial charge in [0.1, 0.15) is 0 Å². The highest BCUT2D eigenvalue weighted by Gasteiger charge is 2.17. The fraction of sp³-hybridized carbons (Fsp3) is 0.863. The molecule has 0 aliphatic heterocycles. The Kier molecular flexibility index (Phi) is 45.8. The first-order valence-corrected chi connectivity index (χ1v) is 24.7. The molecule has 0 rings (SSSR count). The number of hydrogen-bond donors (Lipinski definition) is 3. The first-order chi connectivity index (χ1) is 27.2. The summed E-state index contributed by atoms with van der Waals surface area (Å²) in [6, 6.07) is -0.629. The summed E-state index contributed by atoms with van der Waals surface area (Å²) in [4.78, 5) is 12.4. The molecule has 0 aromatic rings. The van der Waals surface area contributed by atoms with Crippen molar-refractivity contribution in [1.82, 2.24) is 5.32 Å². The summed E-state index contributed by atoms with van der Waals surface area (Å²) in [5.41, 5.74) is 0. The van der Waals surface area contributed by atoms with Gasteiger partial charge in [0.05, 0.1) is 18.8 Å². The van der Waals surface area contributed by atoms with E-state index in [0.29, 0.717) is 6.42 Å². The molecule has 0 aromatic heterocycles. The first kappa shape index (κ1) is 53.6. The second-order valence-corrected chi connectivity index (χ2v) is 16.9. The van der Waals surface area contributed by atoms with E-state index in [-0.39, 0.29) is 12.5 Å². The number of nitrogens with one attached hydrogen (secondary N) is 1. The molecular formula is C51H97NO3. The van der Waals surface area contributed by atoms with E-state index in [2.05, 4.69) is 43.5 Å². The van der Waals surface area contributed by atoms with E-state index in [4.69, 9.17) is 0 Å². The van der Waals surface area contributed by atoms with Crippen LogP contribution in [-0.2, 0) is 4.79 Å². The Bertz CT molecular complexity index is 836. The number of aliphatic hydroxyl groups excluding tert-OH is 2. The molecule has 0 bridgehead atoms. The van der Waals surface area contributed by atoms with Crippen molar-refractivity contribution in [1.29, 1.82) is 0 Å². The first-order valence-electron chi connectivity index (χ1n) is 24.7. The minimum absolute atomic E-state index is 0.0763. The lowest BCUT2D eigenvalue weighted by Gasteiger charge is -2.20. The van der Waals surface area contributed by atoms with E-state index in [0.717, 1.165) is 44.9 Å². The fourth-order valence-electron chi connectivity index (χ4n) is 7.56.